The van der Waals surface area contributed by atoms with Crippen LogP contribution in [-0.4, -0.2) is 128 Å². The summed E-state index contributed by atoms with van der Waals surface area (Å²) in [6, 6.07) is 7.52. The Balaban J connectivity index is 0.00000576. The Labute approximate surface area is 365 Å². The molecule has 0 unspecified atom stereocenters. The summed E-state index contributed by atoms with van der Waals surface area (Å²) >= 11 is 0. The third kappa shape index (κ3) is 6.64. The van der Waals surface area contributed by atoms with E-state index in [1.54, 1.807) is 0 Å². The van der Waals surface area contributed by atoms with E-state index in [0.29, 0.717) is 0 Å². The van der Waals surface area contributed by atoms with Crippen LogP contribution in [0.4, 0.5) is 0 Å². The summed E-state index contributed by atoms with van der Waals surface area (Å²) in [4.78, 5) is 131. The average Bonchev–Trinajstić information content (AvgIpc) is 3.96. The fourth-order valence-electron chi connectivity index (χ4n) is 7.39. The van der Waals surface area contributed by atoms with Gasteiger partial charge in [0.1, 0.15) is 22.6 Å². The van der Waals surface area contributed by atoms with Crippen molar-refractivity contribution in [3.05, 3.63) is 93.0 Å². The number of nitrogens with one attached hydrogen (secondary N) is 2. The molecule has 0 aliphatic carbocycles. The number of H-pyrrole nitrogens is 2. The smallest absolute Gasteiger partial charge is 0.478 e. The topological polar surface area (TPSA) is 407 Å². The summed E-state index contributed by atoms with van der Waals surface area (Å²) in [5.74, 6) is -14.9. The van der Waals surface area contributed by atoms with Crippen LogP contribution < -0.4 is 0 Å². The van der Waals surface area contributed by atoms with E-state index in [1.807, 2.05) is 0 Å². The van der Waals surface area contributed by atoms with Gasteiger partial charge in [-0.1, -0.05) is 0 Å². The largest absolute Gasteiger partial charge is 2.00 e. The van der Waals surface area contributed by atoms with Crippen molar-refractivity contribution in [2.45, 2.75) is 0 Å². The molecule has 0 spiro atoms. The Morgan fingerprint density at radius 2 is 0.462 bits per heavy atom. The van der Waals surface area contributed by atoms with Gasteiger partial charge in [-0.15, -0.1) is 0 Å². The minimum atomic E-state index is -1.67. The molecule has 2 aliphatic rings. The zero-order valence-corrected chi connectivity index (χ0v) is 32.6. The monoisotopic (exact) mass is 922 g/mol. The number of carbonyl (C=O) groups is 8. The normalized spacial score (nSPS) is 11.3. The predicted molar refractivity (Wildman–Crippen MR) is 212 cm³/mol. The summed E-state index contributed by atoms with van der Waals surface area (Å²) < 4.78 is 0. The van der Waals surface area contributed by atoms with Gasteiger partial charge in [0.15, 0.2) is 23.3 Å². The number of nitrogens with zero attached hydrogens (tertiary/aromatic N) is 6. The molecule has 2 aliphatic heterocycles. The first kappa shape index (κ1) is 42.2. The van der Waals surface area contributed by atoms with Gasteiger partial charge in [-0.2, -0.15) is 0 Å². The van der Waals surface area contributed by atoms with Crippen molar-refractivity contribution in [3.8, 4) is 45.6 Å². The Morgan fingerprint density at radius 3 is 0.631 bits per heavy atom. The van der Waals surface area contributed by atoms with Gasteiger partial charge in [-0.3, -0.25) is 0 Å². The van der Waals surface area contributed by atoms with E-state index in [1.165, 1.54) is 0 Å². The Kier molecular flexibility index (Phi) is 9.65. The minimum absolute atomic E-state index is 0. The maximum absolute atomic E-state index is 12.3. The van der Waals surface area contributed by atoms with Crippen LogP contribution in [0.25, 0.3) is 89.7 Å². The number of aromatic carboxylic acids is 8. The molecule has 0 saturated heterocycles. The number of benzene rings is 4. The van der Waals surface area contributed by atoms with Crippen LogP contribution in [0.5, 0.6) is 0 Å². The molecule has 320 valence electrons. The molecule has 8 bridgehead atoms. The van der Waals surface area contributed by atoms with E-state index in [9.17, 15) is 79.2 Å². The Bertz CT molecular complexity index is 3210. The standard InChI is InChI=1S/C40H18N8O16.Fe/c49-33(50)17-1-9-10(2-18(17)34(51)52)26-41-25(9)45-27-11-3-19(35(53)54)20(36(55)56)4-12(11)29(42-27)47-31-15-7-23(39(61)62)24(40(63)64)8-16(15)32(44-31)48-30-14-6-22(38(59)60)21(37(57)58)5-13(14)28(43-30)46-26;/h1-8H,(H,49,50)(H,51,52)(H,53,54)(H,55,56)(H,57,58)(H,59,60)(H,61,62)(H,63,64)(H2,41,42,43,44,45,46,47,48);/q;+2. The van der Waals surface area contributed by atoms with Crippen LogP contribution in [0.15, 0.2) is 48.5 Å². The zero-order valence-electron chi connectivity index (χ0n) is 31.5. The number of rotatable bonds is 8. The molecule has 65 heavy (non-hydrogen) atoms. The van der Waals surface area contributed by atoms with Gasteiger partial charge >= 0.3 is 64.8 Å². The summed E-state index contributed by atoms with van der Waals surface area (Å²) in [5.41, 5.74) is -7.45. The second-order valence-corrected chi connectivity index (χ2v) is 13.8. The fraction of sp³-hybridized carbons (Fsp3) is 0. The van der Waals surface area contributed by atoms with Crippen molar-refractivity contribution >= 4 is 91.9 Å². The van der Waals surface area contributed by atoms with E-state index in [-0.39, 0.29) is 107 Å². The van der Waals surface area contributed by atoms with Gasteiger partial charge in [0.05, 0.1) is 44.5 Å². The molecule has 10 N–H and O–H groups in total. The third-order valence-corrected chi connectivity index (χ3v) is 10.2. The second-order valence-electron chi connectivity index (χ2n) is 13.8. The van der Waals surface area contributed by atoms with Crippen molar-refractivity contribution in [2.24, 2.45) is 0 Å². The zero-order chi connectivity index (χ0) is 45.8. The summed E-state index contributed by atoms with van der Waals surface area (Å²) in [7, 11) is 0. The second kappa shape index (κ2) is 14.9. The molecule has 5 heterocycles. The quantitative estimate of drug-likeness (QED) is 0.0941. The molecule has 7 aromatic rings. The van der Waals surface area contributed by atoms with Gasteiger partial charge in [-0.25, -0.2) is 68.3 Å². The maximum Gasteiger partial charge on any atom is 2.00 e. The molecule has 0 fully saturated rings. The number of carboxylic acids is 8. The molecule has 0 amide bonds. The minimum Gasteiger partial charge on any atom is -0.478 e. The van der Waals surface area contributed by atoms with Crippen LogP contribution >= 0.6 is 0 Å². The van der Waals surface area contributed by atoms with Crippen LogP contribution in [0.3, 0.4) is 0 Å². The molecular weight excluding hydrogens is 904 g/mol. The van der Waals surface area contributed by atoms with Crippen molar-refractivity contribution in [3.63, 3.8) is 0 Å². The third-order valence-electron chi connectivity index (χ3n) is 10.2. The summed E-state index contributed by atoms with van der Waals surface area (Å²) in [6.07, 6.45) is 0. The van der Waals surface area contributed by atoms with Crippen LogP contribution in [0, 0.1) is 0 Å². The maximum atomic E-state index is 12.3. The van der Waals surface area contributed by atoms with E-state index in [4.69, 9.17) is 0 Å². The van der Waals surface area contributed by atoms with Crippen molar-refractivity contribution in [1.82, 2.24) is 39.9 Å². The number of fused-ring (bicyclic) bond motifs is 20. The van der Waals surface area contributed by atoms with Crippen molar-refractivity contribution in [1.29, 1.82) is 0 Å². The molecule has 9 rings (SSSR count). The van der Waals surface area contributed by atoms with Crippen molar-refractivity contribution < 1.29 is 96.3 Å². The van der Waals surface area contributed by atoms with Gasteiger partial charge in [0.2, 0.25) is 0 Å². The molecular formula is C40H18FeN8O16+2. The van der Waals surface area contributed by atoms with Crippen LogP contribution in [0.1, 0.15) is 82.9 Å². The molecule has 3 aromatic heterocycles. The summed E-state index contributed by atoms with van der Waals surface area (Å²) in [6.45, 7) is 0. The predicted octanol–water partition coefficient (Wildman–Crippen LogP) is 4.45. The van der Waals surface area contributed by atoms with Gasteiger partial charge in [-0.05, 0) is 48.5 Å². The number of aromatic nitrogens is 8. The molecule has 24 nitrogen and oxygen atoms in total. The molecule has 0 radical (unpaired) electrons. The van der Waals surface area contributed by atoms with Gasteiger partial charge in [0.25, 0.3) is 0 Å². The molecule has 25 heteroatoms. The molecule has 4 aromatic carbocycles. The molecule has 0 atom stereocenters. The fourth-order valence-corrected chi connectivity index (χ4v) is 7.39. The van der Waals surface area contributed by atoms with E-state index >= 15 is 0 Å². The van der Waals surface area contributed by atoms with Gasteiger partial charge < -0.3 is 50.8 Å². The first-order chi connectivity index (χ1) is 30.3. The van der Waals surface area contributed by atoms with E-state index in [0.717, 1.165) is 48.5 Å². The SMILES string of the molecule is O=C(O)c1cc2c(cc1C(=O)O)-c1nc-2nc2[nH]c(nc3nc(nc4[nH]c(n1)c1cc(C(=O)O)c(C(=O)O)cc41)-c1cc(C(=O)O)c(C(=O)O)cc1-3)c1cc(C(=O)O)c(C(=O)O)cc21.[Fe+2]. The van der Waals surface area contributed by atoms with Crippen LogP contribution in [0.2, 0.25) is 0 Å². The number of hydrogen-bond donors (Lipinski definition) is 10. The number of aromatic amines is 2. The molecule has 0 saturated carbocycles. The Hall–Kier alpha value is -9.48. The van der Waals surface area contributed by atoms with Crippen LogP contribution in [-0.2, 0) is 17.1 Å². The van der Waals surface area contributed by atoms with Crippen molar-refractivity contribution in [2.75, 3.05) is 0 Å². The Morgan fingerprint density at radius 1 is 0.292 bits per heavy atom. The first-order valence-electron chi connectivity index (χ1n) is 17.7. The van der Waals surface area contributed by atoms with E-state index < -0.39 is 92.3 Å². The summed E-state index contributed by atoms with van der Waals surface area (Å²) in [5, 5.41) is 79.6. The van der Waals surface area contributed by atoms with E-state index in [2.05, 4.69) is 39.9 Å². The average molecular weight is 922 g/mol. The number of carboxylic acid groups (broad SMARTS) is 8. The first-order valence-corrected chi connectivity index (χ1v) is 17.7. The van der Waals surface area contributed by atoms with Gasteiger partial charge in [0, 0.05) is 43.8 Å². The number of hydrogen-bond acceptors (Lipinski definition) is 14.